The molecule has 5 heterocycles. The van der Waals surface area contributed by atoms with Gasteiger partial charge in [-0.25, -0.2) is 14.8 Å². The van der Waals surface area contributed by atoms with Crippen LogP contribution in [0.1, 0.15) is 22.4 Å². The molecule has 1 saturated heterocycles. The molecule has 0 spiro atoms. The van der Waals surface area contributed by atoms with Gasteiger partial charge in [0.15, 0.2) is 10.8 Å². The molecule has 0 radical (unpaired) electrons. The number of aliphatic imine (C=N–C) groups is 1. The largest absolute Gasteiger partial charge is 0.450 e. The number of esters is 1. The van der Waals surface area contributed by atoms with Gasteiger partial charge in [-0.3, -0.25) is 14.5 Å². The lowest BCUT2D eigenvalue weighted by Gasteiger charge is -2.48. The summed E-state index contributed by atoms with van der Waals surface area (Å²) in [6.07, 6.45) is 5.35. The highest BCUT2D eigenvalue weighted by molar-refractivity contribution is 8.00. The fourth-order valence-electron chi connectivity index (χ4n) is 6.82. The minimum Gasteiger partial charge on any atom is -0.450 e. The van der Waals surface area contributed by atoms with Crippen LogP contribution in [-0.4, -0.2) is 82.6 Å². The van der Waals surface area contributed by atoms with E-state index in [-0.39, 0.29) is 23.0 Å². The van der Waals surface area contributed by atoms with Crippen molar-refractivity contribution in [2.75, 3.05) is 42.6 Å². The number of amides is 2. The van der Waals surface area contributed by atoms with Crippen molar-refractivity contribution in [1.29, 1.82) is 0 Å². The highest BCUT2D eigenvalue weighted by atomic mass is 32.2. The van der Waals surface area contributed by atoms with Crippen LogP contribution in [0.2, 0.25) is 0 Å². The summed E-state index contributed by atoms with van der Waals surface area (Å²) in [4.78, 5) is 57.0. The first-order valence-electron chi connectivity index (χ1n) is 18.3. The SMILES string of the molecule is CO/N=C(\C(=O)NC1C(=O)N2C(C(=O)OCSc3cc[n+](NC4=NCCN4)cc3)=CCS[C@@H]12)c1csc(NC(c2ccccc2)(c2ccccc2)c2ccccc2)n1. The predicted octanol–water partition coefficient (Wildman–Crippen LogP) is 4.26. The maximum Gasteiger partial charge on any atom is 0.355 e. The predicted molar refractivity (Wildman–Crippen MR) is 225 cm³/mol. The summed E-state index contributed by atoms with van der Waals surface area (Å²) in [6.45, 7) is 1.53. The lowest BCUT2D eigenvalue weighted by Crippen LogP contribution is -2.70. The van der Waals surface area contributed by atoms with Gasteiger partial charge in [-0.1, -0.05) is 113 Å². The van der Waals surface area contributed by atoms with Crippen molar-refractivity contribution in [2.45, 2.75) is 21.9 Å². The molecule has 58 heavy (non-hydrogen) atoms. The zero-order valence-corrected chi connectivity index (χ0v) is 33.6. The van der Waals surface area contributed by atoms with Crippen molar-refractivity contribution in [2.24, 2.45) is 10.1 Å². The molecule has 294 valence electrons. The normalized spacial score (nSPS) is 17.5. The number of carbonyl (C=O) groups is 3. The van der Waals surface area contributed by atoms with Gasteiger partial charge in [-0.05, 0) is 22.8 Å². The van der Waals surface area contributed by atoms with Gasteiger partial charge < -0.3 is 25.5 Å². The fraction of sp³-hybridized carbons (Fsp3) is 0.195. The van der Waals surface area contributed by atoms with Gasteiger partial charge in [0.1, 0.15) is 41.4 Å². The Morgan fingerprint density at radius 3 is 2.24 bits per heavy atom. The smallest absolute Gasteiger partial charge is 0.355 e. The van der Waals surface area contributed by atoms with E-state index in [9.17, 15) is 14.4 Å². The lowest BCUT2D eigenvalue weighted by atomic mass is 9.77. The van der Waals surface area contributed by atoms with Crippen LogP contribution in [-0.2, 0) is 29.5 Å². The third kappa shape index (κ3) is 8.00. The van der Waals surface area contributed by atoms with Crippen LogP contribution in [0, 0.1) is 0 Å². The molecule has 0 aliphatic carbocycles. The Bertz CT molecular complexity index is 2260. The Hall–Kier alpha value is -6.17. The summed E-state index contributed by atoms with van der Waals surface area (Å²) in [6, 6.07) is 33.2. The molecule has 5 aromatic rings. The average molecular weight is 833 g/mol. The summed E-state index contributed by atoms with van der Waals surface area (Å²) in [5.74, 6) is -0.477. The number of carbonyl (C=O) groups excluding carboxylic acids is 3. The Balaban J connectivity index is 0.927. The van der Waals surface area contributed by atoms with Crippen LogP contribution in [0.5, 0.6) is 0 Å². The van der Waals surface area contributed by atoms with E-state index in [1.807, 2.05) is 79.1 Å². The number of nitrogens with zero attached hydrogens (tertiary/aromatic N) is 5. The van der Waals surface area contributed by atoms with Gasteiger partial charge >= 0.3 is 5.97 Å². The molecule has 3 aliphatic rings. The fourth-order valence-corrected chi connectivity index (χ4v) is 9.38. The van der Waals surface area contributed by atoms with Crippen LogP contribution in [0.15, 0.2) is 148 Å². The summed E-state index contributed by atoms with van der Waals surface area (Å²) in [7, 11) is 1.34. The molecular formula is C41H38N9O5S3+. The number of nitrogens with one attached hydrogen (secondary N) is 4. The Labute approximate surface area is 346 Å². The first kappa shape index (κ1) is 38.7. The van der Waals surface area contributed by atoms with Gasteiger partial charge in [-0.2, -0.15) is 0 Å². The van der Waals surface area contributed by atoms with Crippen LogP contribution >= 0.6 is 34.9 Å². The molecule has 2 atom stereocenters. The maximum atomic E-state index is 13.8. The quantitative estimate of drug-likeness (QED) is 0.0185. The van der Waals surface area contributed by atoms with Gasteiger partial charge in [0.05, 0.1) is 6.54 Å². The topological polar surface area (TPSA) is 163 Å². The van der Waals surface area contributed by atoms with E-state index in [4.69, 9.17) is 14.6 Å². The molecular weight excluding hydrogens is 795 g/mol. The highest BCUT2D eigenvalue weighted by Gasteiger charge is 2.53. The Morgan fingerprint density at radius 2 is 1.64 bits per heavy atom. The number of thioether (sulfide) groups is 2. The van der Waals surface area contributed by atoms with E-state index in [1.54, 1.807) is 16.1 Å². The first-order valence-corrected chi connectivity index (χ1v) is 21.2. The van der Waals surface area contributed by atoms with Crippen LogP contribution < -0.4 is 26.1 Å². The number of hydrogen-bond donors (Lipinski definition) is 4. The van der Waals surface area contributed by atoms with Gasteiger partial charge in [-0.15, -0.1) is 28.5 Å². The molecule has 0 saturated carbocycles. The maximum absolute atomic E-state index is 13.8. The molecule has 4 N–H and O–H groups in total. The lowest BCUT2D eigenvalue weighted by molar-refractivity contribution is -0.640. The van der Waals surface area contributed by atoms with Gasteiger partial charge in [0.2, 0.25) is 18.4 Å². The number of thiazole rings is 1. The minimum absolute atomic E-state index is 0.0480. The number of fused-ring (bicyclic) bond motifs is 1. The van der Waals surface area contributed by atoms with Crippen molar-refractivity contribution in [1.82, 2.24) is 20.5 Å². The van der Waals surface area contributed by atoms with Crippen molar-refractivity contribution >= 4 is 69.4 Å². The molecule has 1 fully saturated rings. The zero-order valence-electron chi connectivity index (χ0n) is 31.1. The standard InChI is InChI=1S/C41H37N9O5S3/c1-54-48-33(31-25-57-40(44-31)46-41(27-11-5-2-6-12-27,28-13-7-3-8-14-28)29-15-9-4-10-16-29)35(51)45-34-36(52)50-32(19-24-56-37(34)50)38(53)55-26-58-30-17-22-49(23-18-30)47-39-42-20-21-43-39/h2-19,22-23,25,34,37H,20-21,24,26H2,1H3,(H3-,42,43,44,45,46,47,51)/p+1/b48-33-/t34?,37-/m0/s1. The molecule has 2 amide bonds. The van der Waals surface area contributed by atoms with E-state index in [2.05, 4.69) is 67.9 Å². The number of rotatable bonds is 14. The molecule has 17 heteroatoms. The van der Waals surface area contributed by atoms with E-state index >= 15 is 0 Å². The number of pyridine rings is 1. The summed E-state index contributed by atoms with van der Waals surface area (Å²) >= 11 is 4.09. The third-order valence-corrected chi connectivity index (χ3v) is 12.3. The minimum atomic E-state index is -0.904. The van der Waals surface area contributed by atoms with Crippen LogP contribution in [0.25, 0.3) is 0 Å². The van der Waals surface area contributed by atoms with Crippen molar-refractivity contribution in [3.8, 4) is 0 Å². The molecule has 2 aromatic heterocycles. The van der Waals surface area contributed by atoms with E-state index < -0.39 is 34.7 Å². The third-order valence-electron chi connectivity index (χ3n) is 9.52. The van der Waals surface area contributed by atoms with E-state index in [1.165, 1.54) is 46.9 Å². The molecule has 3 aromatic carbocycles. The Morgan fingerprint density at radius 1 is 0.983 bits per heavy atom. The number of aromatic nitrogens is 2. The molecule has 3 aliphatic heterocycles. The van der Waals surface area contributed by atoms with Crippen molar-refractivity contribution in [3.63, 3.8) is 0 Å². The van der Waals surface area contributed by atoms with Gasteiger partial charge in [0, 0.05) is 34.7 Å². The van der Waals surface area contributed by atoms with Crippen molar-refractivity contribution < 1.29 is 28.6 Å². The van der Waals surface area contributed by atoms with Crippen LogP contribution in [0.3, 0.4) is 0 Å². The molecule has 0 bridgehead atoms. The first-order chi connectivity index (χ1) is 28.4. The molecule has 8 rings (SSSR count). The Kier molecular flexibility index (Phi) is 11.7. The molecule has 14 nitrogen and oxygen atoms in total. The van der Waals surface area contributed by atoms with Gasteiger partial charge in [0.25, 0.3) is 11.8 Å². The number of anilines is 1. The second-order valence-electron chi connectivity index (χ2n) is 13.0. The van der Waals surface area contributed by atoms with E-state index in [0.717, 1.165) is 34.7 Å². The number of benzene rings is 3. The second-order valence-corrected chi connectivity index (χ2v) is 16.0. The van der Waals surface area contributed by atoms with Crippen LogP contribution in [0.4, 0.5) is 5.13 Å². The molecule has 1 unspecified atom stereocenters. The van der Waals surface area contributed by atoms with Crippen molar-refractivity contribution in [3.05, 3.63) is 155 Å². The number of oxime groups is 1. The monoisotopic (exact) mass is 832 g/mol. The zero-order chi connectivity index (χ0) is 39.9. The highest BCUT2D eigenvalue weighted by Crippen LogP contribution is 2.41. The summed E-state index contributed by atoms with van der Waals surface area (Å²) in [5, 5.41) is 15.5. The summed E-state index contributed by atoms with van der Waals surface area (Å²) in [5.41, 5.74) is 5.60. The average Bonchev–Trinajstić information content (AvgIpc) is 3.97. The second kappa shape index (κ2) is 17.5. The number of guanidine groups is 1. The van der Waals surface area contributed by atoms with E-state index in [0.29, 0.717) is 16.8 Å². The number of hydrogen-bond acceptors (Lipinski definition) is 14. The number of ether oxygens (including phenoxy) is 1. The number of β-lactam (4-membered cyclic amide) rings is 1. The summed E-state index contributed by atoms with van der Waals surface area (Å²) < 4.78 is 7.33.